The minimum Gasteiger partial charge on any atom is -0.462 e. The Bertz CT molecular complexity index is 1750. The van der Waals surface area contributed by atoms with Gasteiger partial charge in [0, 0.05) is 25.7 Å². The largest absolute Gasteiger partial charge is 0.472 e. The maximum absolute atomic E-state index is 13.0. The number of carbonyl (C=O) groups excluding carboxylic acids is 4. The first-order valence-electron chi connectivity index (χ1n) is 35.7. The molecule has 6 atom stereocenters. The lowest BCUT2D eigenvalue weighted by molar-refractivity contribution is -0.161. The van der Waals surface area contributed by atoms with E-state index in [9.17, 15) is 43.2 Å². The van der Waals surface area contributed by atoms with Gasteiger partial charge in [-0.3, -0.25) is 37.3 Å². The van der Waals surface area contributed by atoms with E-state index in [0.29, 0.717) is 31.6 Å². The highest BCUT2D eigenvalue weighted by Crippen LogP contribution is 2.45. The second kappa shape index (κ2) is 58.8. The van der Waals surface area contributed by atoms with Crippen molar-refractivity contribution in [2.45, 2.75) is 356 Å². The summed E-state index contributed by atoms with van der Waals surface area (Å²) in [4.78, 5) is 72.4. The van der Waals surface area contributed by atoms with Gasteiger partial charge >= 0.3 is 39.5 Å². The number of aliphatic hydroxyl groups excluding tert-OH is 1. The number of carbonyl (C=O) groups is 4. The molecule has 0 aliphatic carbocycles. The summed E-state index contributed by atoms with van der Waals surface area (Å²) in [6, 6.07) is 0. The van der Waals surface area contributed by atoms with Crippen LogP contribution in [0.1, 0.15) is 338 Å². The van der Waals surface area contributed by atoms with Crippen molar-refractivity contribution >= 4 is 39.5 Å². The van der Waals surface area contributed by atoms with Crippen LogP contribution in [-0.2, 0) is 65.4 Å². The molecule has 0 heterocycles. The zero-order chi connectivity index (χ0) is 65.4. The lowest BCUT2D eigenvalue weighted by atomic mass is 10.00. The molecule has 522 valence electrons. The van der Waals surface area contributed by atoms with Gasteiger partial charge in [-0.05, 0) is 49.4 Å². The minimum absolute atomic E-state index is 0.103. The van der Waals surface area contributed by atoms with Crippen molar-refractivity contribution in [1.29, 1.82) is 0 Å². The molecule has 0 aromatic rings. The van der Waals surface area contributed by atoms with Gasteiger partial charge in [-0.25, -0.2) is 9.13 Å². The number of phosphoric acid groups is 2. The predicted molar refractivity (Wildman–Crippen MR) is 354 cm³/mol. The number of esters is 4. The molecule has 0 aliphatic heterocycles. The van der Waals surface area contributed by atoms with Crippen molar-refractivity contribution in [3.05, 3.63) is 0 Å². The summed E-state index contributed by atoms with van der Waals surface area (Å²) in [7, 11) is -9.90. The first-order valence-corrected chi connectivity index (χ1v) is 38.7. The first kappa shape index (κ1) is 86.1. The Kier molecular flexibility index (Phi) is 57.6. The third kappa shape index (κ3) is 61.6. The van der Waals surface area contributed by atoms with Crippen molar-refractivity contribution < 1.29 is 80.2 Å². The zero-order valence-electron chi connectivity index (χ0n) is 57.3. The molecule has 0 amide bonds. The van der Waals surface area contributed by atoms with E-state index in [4.69, 9.17) is 37.0 Å². The van der Waals surface area contributed by atoms with Crippen LogP contribution < -0.4 is 0 Å². The van der Waals surface area contributed by atoms with Crippen LogP contribution in [0.5, 0.6) is 0 Å². The summed E-state index contributed by atoms with van der Waals surface area (Å²) in [5, 5.41) is 10.6. The van der Waals surface area contributed by atoms with Gasteiger partial charge in [-0.2, -0.15) is 0 Å². The molecule has 0 saturated heterocycles. The smallest absolute Gasteiger partial charge is 0.462 e. The zero-order valence-corrected chi connectivity index (χ0v) is 59.1. The van der Waals surface area contributed by atoms with Gasteiger partial charge in [0.25, 0.3) is 0 Å². The molecule has 19 heteroatoms. The van der Waals surface area contributed by atoms with E-state index >= 15 is 0 Å². The topological polar surface area (TPSA) is 237 Å². The lowest BCUT2D eigenvalue weighted by Gasteiger charge is -2.21. The van der Waals surface area contributed by atoms with E-state index in [0.717, 1.165) is 114 Å². The fourth-order valence-corrected chi connectivity index (χ4v) is 11.9. The van der Waals surface area contributed by atoms with Crippen LogP contribution in [0.4, 0.5) is 0 Å². The Labute approximate surface area is 537 Å². The number of phosphoric ester groups is 2. The summed E-state index contributed by atoms with van der Waals surface area (Å²) in [6.45, 7) is 14.0. The second-order valence-electron chi connectivity index (χ2n) is 26.6. The van der Waals surface area contributed by atoms with Crippen molar-refractivity contribution in [1.82, 2.24) is 0 Å². The molecule has 0 aromatic carbocycles. The van der Waals surface area contributed by atoms with Crippen molar-refractivity contribution in [2.75, 3.05) is 39.6 Å². The molecule has 0 aliphatic rings. The summed E-state index contributed by atoms with van der Waals surface area (Å²) in [5.41, 5.74) is 0. The van der Waals surface area contributed by atoms with Crippen LogP contribution >= 0.6 is 15.6 Å². The van der Waals surface area contributed by atoms with E-state index in [1.54, 1.807) is 0 Å². The van der Waals surface area contributed by atoms with Crippen molar-refractivity contribution in [2.24, 2.45) is 23.7 Å². The van der Waals surface area contributed by atoms with E-state index < -0.39 is 97.5 Å². The highest BCUT2D eigenvalue weighted by Gasteiger charge is 2.30. The van der Waals surface area contributed by atoms with Crippen LogP contribution in [0.2, 0.25) is 0 Å². The van der Waals surface area contributed by atoms with Crippen LogP contribution in [0, 0.1) is 23.7 Å². The monoisotopic (exact) mass is 1300 g/mol. The minimum atomic E-state index is -4.95. The fourth-order valence-electron chi connectivity index (χ4n) is 10.3. The average Bonchev–Trinajstić information content (AvgIpc) is 3.70. The molecule has 3 N–H and O–H groups in total. The molecule has 88 heavy (non-hydrogen) atoms. The SMILES string of the molecule is CCC(C)CCCCCCCCC(=O)OC[C@H](COP(=O)(O)OC[C@H](O)COP(=O)(O)OC[C@@H](COC(=O)CCCCCCCCCCCCCCCCC(C)C)OC(=O)CCCCCCCCCC(C)C)OC(=O)CCCCCCCCCCC(C)C. The van der Waals surface area contributed by atoms with Crippen LogP contribution in [0.15, 0.2) is 0 Å². The predicted octanol–water partition coefficient (Wildman–Crippen LogP) is 19.3. The Morgan fingerprint density at radius 2 is 0.545 bits per heavy atom. The standard InChI is InChI=1S/C69H134O17P2/c1-9-62(8)48-40-32-27-28-34-42-50-67(72)80-56-65(85-68(73)51-43-35-25-19-18-22-30-38-46-60(4)5)58-84-88(77,78)82-54-63(70)53-81-87(75,76)83-57-64(86-69(74)52-44-36-26-20-23-31-39-47-61(6)7)55-79-66(71)49-41-33-24-17-15-13-11-10-12-14-16-21-29-37-45-59(2)3/h59-65,70H,9-58H2,1-8H3,(H,75,76)(H,77,78)/t62?,63-,64-,65-/m1/s1. The first-order chi connectivity index (χ1) is 42.1. The van der Waals surface area contributed by atoms with Crippen LogP contribution in [-0.4, -0.2) is 96.7 Å². The number of aliphatic hydroxyl groups is 1. The highest BCUT2D eigenvalue weighted by atomic mass is 31.2. The van der Waals surface area contributed by atoms with E-state index in [-0.39, 0.29) is 25.7 Å². The van der Waals surface area contributed by atoms with E-state index in [1.165, 1.54) is 135 Å². The molecule has 0 bridgehead atoms. The van der Waals surface area contributed by atoms with Crippen molar-refractivity contribution in [3.63, 3.8) is 0 Å². The van der Waals surface area contributed by atoms with Gasteiger partial charge in [-0.15, -0.1) is 0 Å². The van der Waals surface area contributed by atoms with Crippen molar-refractivity contribution in [3.8, 4) is 0 Å². The fraction of sp³-hybridized carbons (Fsp3) is 0.942. The maximum atomic E-state index is 13.0. The van der Waals surface area contributed by atoms with Gasteiger partial charge in [0.15, 0.2) is 12.2 Å². The third-order valence-electron chi connectivity index (χ3n) is 16.2. The van der Waals surface area contributed by atoms with Crippen LogP contribution in [0.25, 0.3) is 0 Å². The van der Waals surface area contributed by atoms with Gasteiger partial charge < -0.3 is 33.8 Å². The van der Waals surface area contributed by atoms with Crippen LogP contribution in [0.3, 0.4) is 0 Å². The molecule has 0 aromatic heterocycles. The Balaban J connectivity index is 5.20. The molecule has 17 nitrogen and oxygen atoms in total. The van der Waals surface area contributed by atoms with Gasteiger partial charge in [0.1, 0.15) is 19.3 Å². The summed E-state index contributed by atoms with van der Waals surface area (Å²) < 4.78 is 68.2. The molecule has 3 unspecified atom stereocenters. The maximum Gasteiger partial charge on any atom is 0.472 e. The van der Waals surface area contributed by atoms with Gasteiger partial charge in [0.2, 0.25) is 0 Å². The molecule has 0 saturated carbocycles. The average molecular weight is 1300 g/mol. The molecule has 0 spiro atoms. The Morgan fingerprint density at radius 3 is 0.807 bits per heavy atom. The molecule has 0 fully saturated rings. The molecule has 0 radical (unpaired) electrons. The second-order valence-corrected chi connectivity index (χ2v) is 29.5. The molecular weight excluding hydrogens is 1160 g/mol. The quantitative estimate of drug-likeness (QED) is 0.0222. The molecular formula is C69H134O17P2. The Morgan fingerprint density at radius 1 is 0.318 bits per heavy atom. The number of hydrogen-bond donors (Lipinski definition) is 3. The number of rotatable bonds is 66. The van der Waals surface area contributed by atoms with Gasteiger partial charge in [-0.1, -0.05) is 287 Å². The highest BCUT2D eigenvalue weighted by molar-refractivity contribution is 7.47. The van der Waals surface area contributed by atoms with Gasteiger partial charge in [0.05, 0.1) is 26.4 Å². The number of ether oxygens (including phenoxy) is 4. The number of hydrogen-bond acceptors (Lipinski definition) is 15. The van der Waals surface area contributed by atoms with E-state index in [1.807, 2.05) is 0 Å². The summed E-state index contributed by atoms with van der Waals surface area (Å²) in [6.07, 6.45) is 40.5. The molecule has 0 rings (SSSR count). The summed E-state index contributed by atoms with van der Waals surface area (Å²) in [5.74, 6) is 0.809. The normalized spacial score (nSPS) is 14.6. The third-order valence-corrected chi connectivity index (χ3v) is 18.1. The Hall–Kier alpha value is -1.94. The van der Waals surface area contributed by atoms with E-state index in [2.05, 4.69) is 55.4 Å². The lowest BCUT2D eigenvalue weighted by Crippen LogP contribution is -2.30. The summed E-state index contributed by atoms with van der Waals surface area (Å²) >= 11 is 0. The number of unbranched alkanes of at least 4 members (excludes halogenated alkanes) is 31.